The van der Waals surface area contributed by atoms with Gasteiger partial charge in [-0.1, -0.05) is 72.8 Å². The normalized spacial score (nSPS) is 11.5. The number of carbonyl (C=O) groups excluding carboxylic acids is 2. The Hall–Kier alpha value is -3.40. The Bertz CT molecular complexity index is 876. The number of anilines is 1. The zero-order valence-electron chi connectivity index (χ0n) is 13.5. The number of nitrogen functional groups attached to an aromatic ring is 1. The summed E-state index contributed by atoms with van der Waals surface area (Å²) in [5, 5.41) is 0. The molecule has 4 nitrogen and oxygen atoms in total. The van der Waals surface area contributed by atoms with Gasteiger partial charge in [0.15, 0.2) is 6.10 Å². The van der Waals surface area contributed by atoms with Gasteiger partial charge in [0.1, 0.15) is 0 Å². The summed E-state index contributed by atoms with van der Waals surface area (Å²) in [7, 11) is 0. The molecule has 2 N–H and O–H groups in total. The first kappa shape index (κ1) is 16.5. The highest BCUT2D eigenvalue weighted by atomic mass is 16.5. The predicted octanol–water partition coefficient (Wildman–Crippen LogP) is 4.05. The summed E-state index contributed by atoms with van der Waals surface area (Å²) in [5.74, 6) is -0.911. The number of Topliss-reactive ketones (excluding diaryl/α,β-unsaturated/α-hetero) is 1. The molecule has 1 unspecified atom stereocenters. The summed E-state index contributed by atoms with van der Waals surface area (Å²) >= 11 is 0. The third-order valence-corrected chi connectivity index (χ3v) is 3.80. The Morgan fingerprint density at radius 3 is 1.96 bits per heavy atom. The van der Waals surface area contributed by atoms with Crippen LogP contribution in [-0.2, 0) is 4.74 Å². The van der Waals surface area contributed by atoms with Gasteiger partial charge in [0.25, 0.3) is 0 Å². The lowest BCUT2D eigenvalue weighted by molar-refractivity contribution is 0.0281. The van der Waals surface area contributed by atoms with Crippen LogP contribution in [0, 0.1) is 0 Å². The maximum atomic E-state index is 12.9. The highest BCUT2D eigenvalue weighted by Crippen LogP contribution is 2.25. The number of rotatable bonds is 5. The van der Waals surface area contributed by atoms with E-state index in [1.54, 1.807) is 72.8 Å². The van der Waals surface area contributed by atoms with Crippen LogP contribution in [0.15, 0.2) is 84.9 Å². The molecule has 4 heteroatoms. The molecule has 0 aliphatic carbocycles. The van der Waals surface area contributed by atoms with E-state index in [2.05, 4.69) is 0 Å². The maximum Gasteiger partial charge on any atom is 0.341 e. The minimum atomic E-state index is -1.03. The van der Waals surface area contributed by atoms with Crippen LogP contribution in [0.2, 0.25) is 0 Å². The predicted molar refractivity (Wildman–Crippen MR) is 96.2 cm³/mol. The third-order valence-electron chi connectivity index (χ3n) is 3.80. The smallest absolute Gasteiger partial charge is 0.341 e. The van der Waals surface area contributed by atoms with Gasteiger partial charge in [-0.25, -0.2) is 4.79 Å². The maximum absolute atomic E-state index is 12.9. The number of ketones is 1. The van der Waals surface area contributed by atoms with Crippen molar-refractivity contribution >= 4 is 17.4 Å². The van der Waals surface area contributed by atoms with Crippen LogP contribution in [0.3, 0.4) is 0 Å². The lowest BCUT2D eigenvalue weighted by Gasteiger charge is -2.18. The van der Waals surface area contributed by atoms with Gasteiger partial charge in [-0.15, -0.1) is 0 Å². The lowest BCUT2D eigenvalue weighted by Crippen LogP contribution is -2.21. The molecule has 0 heterocycles. The van der Waals surface area contributed by atoms with Gasteiger partial charge in [0.05, 0.1) is 5.56 Å². The SMILES string of the molecule is Nc1ccccc1C(=O)OC(C(=O)c1ccccc1)c1ccccc1. The standard InChI is InChI=1S/C21H17NO3/c22-18-14-8-7-13-17(18)21(24)25-20(16-11-5-2-6-12-16)19(23)15-9-3-1-4-10-15/h1-14,20H,22H2. The number of ether oxygens (including phenoxy) is 1. The van der Waals surface area contributed by atoms with Gasteiger partial charge in [-0.3, -0.25) is 4.79 Å². The van der Waals surface area contributed by atoms with Crippen LogP contribution in [0.4, 0.5) is 5.69 Å². The second-order valence-electron chi connectivity index (χ2n) is 5.51. The number of para-hydroxylation sites is 1. The number of esters is 1. The molecule has 0 aliphatic rings. The van der Waals surface area contributed by atoms with E-state index in [-0.39, 0.29) is 11.3 Å². The van der Waals surface area contributed by atoms with E-state index in [0.717, 1.165) is 0 Å². The summed E-state index contributed by atoms with van der Waals surface area (Å²) in [6.07, 6.45) is -1.03. The molecule has 3 aromatic rings. The monoisotopic (exact) mass is 331 g/mol. The molecule has 25 heavy (non-hydrogen) atoms. The van der Waals surface area contributed by atoms with Crippen molar-refractivity contribution in [2.45, 2.75) is 6.10 Å². The molecule has 0 amide bonds. The van der Waals surface area contributed by atoms with Gasteiger partial charge in [-0.05, 0) is 12.1 Å². The molecular formula is C21H17NO3. The molecule has 124 valence electrons. The van der Waals surface area contributed by atoms with Gasteiger partial charge >= 0.3 is 5.97 Å². The Balaban J connectivity index is 1.94. The van der Waals surface area contributed by atoms with Crippen molar-refractivity contribution in [2.24, 2.45) is 0 Å². The van der Waals surface area contributed by atoms with E-state index >= 15 is 0 Å². The van der Waals surface area contributed by atoms with Crippen molar-refractivity contribution in [3.05, 3.63) is 102 Å². The third kappa shape index (κ3) is 3.75. The van der Waals surface area contributed by atoms with Crippen molar-refractivity contribution in [1.82, 2.24) is 0 Å². The van der Waals surface area contributed by atoms with E-state index < -0.39 is 12.1 Å². The van der Waals surface area contributed by atoms with Crippen molar-refractivity contribution in [2.75, 3.05) is 5.73 Å². The zero-order valence-corrected chi connectivity index (χ0v) is 13.5. The zero-order chi connectivity index (χ0) is 17.6. The average Bonchev–Trinajstić information content (AvgIpc) is 2.67. The Morgan fingerprint density at radius 1 is 0.760 bits per heavy atom. The molecule has 1 atom stereocenters. The summed E-state index contributed by atoms with van der Waals surface area (Å²) in [5.41, 5.74) is 7.48. The number of carbonyl (C=O) groups is 2. The van der Waals surface area contributed by atoms with Crippen molar-refractivity contribution < 1.29 is 14.3 Å². The van der Waals surface area contributed by atoms with Gasteiger partial charge < -0.3 is 10.5 Å². The molecule has 0 saturated heterocycles. The van der Waals surface area contributed by atoms with Gasteiger partial charge in [0, 0.05) is 16.8 Å². The fourth-order valence-corrected chi connectivity index (χ4v) is 2.51. The second kappa shape index (κ2) is 7.45. The molecule has 0 radical (unpaired) electrons. The lowest BCUT2D eigenvalue weighted by atomic mass is 9.99. The minimum absolute atomic E-state index is 0.240. The van der Waals surface area contributed by atoms with Crippen LogP contribution < -0.4 is 5.73 Å². The summed E-state index contributed by atoms with van der Waals surface area (Å²) in [6.45, 7) is 0. The first-order valence-electron chi connectivity index (χ1n) is 7.86. The highest BCUT2D eigenvalue weighted by molar-refractivity contribution is 6.03. The summed E-state index contributed by atoms with van der Waals surface area (Å²) in [4.78, 5) is 25.4. The Morgan fingerprint density at radius 2 is 1.32 bits per heavy atom. The number of benzene rings is 3. The van der Waals surface area contributed by atoms with Crippen molar-refractivity contribution in [3.63, 3.8) is 0 Å². The topological polar surface area (TPSA) is 69.4 Å². The Labute approximate surface area is 145 Å². The van der Waals surface area contributed by atoms with E-state index in [9.17, 15) is 9.59 Å². The molecular weight excluding hydrogens is 314 g/mol. The minimum Gasteiger partial charge on any atom is -0.445 e. The van der Waals surface area contributed by atoms with E-state index in [0.29, 0.717) is 16.8 Å². The molecule has 0 aliphatic heterocycles. The van der Waals surface area contributed by atoms with Crippen LogP contribution in [0.25, 0.3) is 0 Å². The van der Waals surface area contributed by atoms with Gasteiger partial charge in [0.2, 0.25) is 5.78 Å². The van der Waals surface area contributed by atoms with E-state index in [1.807, 2.05) is 12.1 Å². The molecule has 0 spiro atoms. The quantitative estimate of drug-likeness (QED) is 0.435. The summed E-state index contributed by atoms with van der Waals surface area (Å²) < 4.78 is 5.55. The number of hydrogen-bond acceptors (Lipinski definition) is 4. The first-order valence-corrected chi connectivity index (χ1v) is 7.86. The molecule has 0 aromatic heterocycles. The van der Waals surface area contributed by atoms with Crippen LogP contribution >= 0.6 is 0 Å². The fourth-order valence-electron chi connectivity index (χ4n) is 2.51. The first-order chi connectivity index (χ1) is 12.2. The number of nitrogens with two attached hydrogens (primary N) is 1. The molecule has 0 saturated carbocycles. The highest BCUT2D eigenvalue weighted by Gasteiger charge is 2.27. The molecule has 3 aromatic carbocycles. The molecule has 0 bridgehead atoms. The van der Waals surface area contributed by atoms with Crippen LogP contribution in [0.5, 0.6) is 0 Å². The van der Waals surface area contributed by atoms with Crippen molar-refractivity contribution in [3.8, 4) is 0 Å². The second-order valence-corrected chi connectivity index (χ2v) is 5.51. The Kier molecular flexibility index (Phi) is 4.90. The fraction of sp³-hybridized carbons (Fsp3) is 0.0476. The van der Waals surface area contributed by atoms with Crippen LogP contribution in [0.1, 0.15) is 32.4 Å². The number of hydrogen-bond donors (Lipinski definition) is 1. The van der Waals surface area contributed by atoms with E-state index in [1.165, 1.54) is 0 Å². The average molecular weight is 331 g/mol. The summed E-state index contributed by atoms with van der Waals surface area (Å²) in [6, 6.07) is 24.3. The van der Waals surface area contributed by atoms with Crippen molar-refractivity contribution in [1.29, 1.82) is 0 Å². The largest absolute Gasteiger partial charge is 0.445 e. The van der Waals surface area contributed by atoms with Gasteiger partial charge in [-0.2, -0.15) is 0 Å². The molecule has 3 rings (SSSR count). The van der Waals surface area contributed by atoms with Crippen LogP contribution in [-0.4, -0.2) is 11.8 Å². The van der Waals surface area contributed by atoms with E-state index in [4.69, 9.17) is 10.5 Å². The molecule has 0 fully saturated rings.